The predicted molar refractivity (Wildman–Crippen MR) is 110 cm³/mol. The fourth-order valence-electron chi connectivity index (χ4n) is 2.51. The lowest BCUT2D eigenvalue weighted by Gasteiger charge is -2.10. The van der Waals surface area contributed by atoms with Gasteiger partial charge in [0.1, 0.15) is 24.0 Å². The van der Waals surface area contributed by atoms with Gasteiger partial charge in [0.05, 0.1) is 15.2 Å². The maximum Gasteiger partial charge on any atom is 0.133 e. The van der Waals surface area contributed by atoms with Gasteiger partial charge in [-0.3, -0.25) is 0 Å². The van der Waals surface area contributed by atoms with Crippen molar-refractivity contribution in [1.82, 2.24) is 0 Å². The minimum Gasteiger partial charge on any atom is -0.488 e. The van der Waals surface area contributed by atoms with Crippen molar-refractivity contribution in [3.63, 3.8) is 0 Å². The number of allylic oxidation sites excluding steroid dienone is 1. The fourth-order valence-corrected chi connectivity index (χ4v) is 3.21. The van der Waals surface area contributed by atoms with E-state index >= 15 is 0 Å². The Kier molecular flexibility index (Phi) is 6.20. The minimum atomic E-state index is -0.440. The molecule has 0 saturated heterocycles. The van der Waals surface area contributed by atoms with Gasteiger partial charge < -0.3 is 4.74 Å². The molecule has 2 nitrogen and oxygen atoms in total. The molecular weight excluding hydrogens is 459 g/mol. The molecule has 0 amide bonds. The van der Waals surface area contributed by atoms with Crippen molar-refractivity contribution in [2.75, 3.05) is 0 Å². The lowest BCUT2D eigenvalue weighted by molar-refractivity contribution is 0.297. The summed E-state index contributed by atoms with van der Waals surface area (Å²) in [5.41, 5.74) is 1.72. The summed E-state index contributed by atoms with van der Waals surface area (Å²) in [5, 5.41) is 9.38. The van der Waals surface area contributed by atoms with E-state index in [2.05, 4.69) is 22.6 Å². The Labute approximate surface area is 169 Å². The van der Waals surface area contributed by atoms with E-state index in [-0.39, 0.29) is 23.6 Å². The zero-order valence-electron chi connectivity index (χ0n) is 14.1. The molecule has 3 rings (SSSR count). The average Bonchev–Trinajstić information content (AvgIpc) is 2.67. The Morgan fingerprint density at radius 1 is 1.00 bits per heavy atom. The molecule has 3 aromatic carbocycles. The molecule has 0 aliphatic rings. The van der Waals surface area contributed by atoms with Crippen LogP contribution in [0.15, 0.2) is 66.7 Å². The second-order valence-corrected chi connectivity index (χ2v) is 6.88. The first kappa shape index (κ1) is 19.1. The molecule has 0 atom stereocenters. The second kappa shape index (κ2) is 8.78. The molecule has 0 bridgehead atoms. The fraction of sp³-hybridized carbons (Fsp3) is 0.0455. The number of hydrogen-bond acceptors (Lipinski definition) is 2. The van der Waals surface area contributed by atoms with Gasteiger partial charge in [-0.1, -0.05) is 42.5 Å². The maximum absolute atomic E-state index is 13.9. The van der Waals surface area contributed by atoms with Crippen molar-refractivity contribution >= 4 is 34.2 Å². The first-order valence-electron chi connectivity index (χ1n) is 8.11. The Morgan fingerprint density at radius 3 is 2.37 bits per heavy atom. The van der Waals surface area contributed by atoms with Crippen molar-refractivity contribution in [3.8, 4) is 11.8 Å². The van der Waals surface area contributed by atoms with E-state index in [4.69, 9.17) is 4.74 Å². The van der Waals surface area contributed by atoms with Crippen molar-refractivity contribution in [1.29, 1.82) is 5.26 Å². The van der Waals surface area contributed by atoms with Crippen molar-refractivity contribution < 1.29 is 13.5 Å². The minimum absolute atomic E-state index is 0.122. The molecule has 5 heteroatoms. The molecule has 134 valence electrons. The predicted octanol–water partition coefficient (Wildman–Crippen LogP) is 6.21. The highest BCUT2D eigenvalue weighted by atomic mass is 127. The van der Waals surface area contributed by atoms with Crippen LogP contribution in [0, 0.1) is 26.5 Å². The van der Waals surface area contributed by atoms with Gasteiger partial charge >= 0.3 is 0 Å². The van der Waals surface area contributed by atoms with Crippen molar-refractivity contribution in [3.05, 3.63) is 98.6 Å². The monoisotopic (exact) mass is 473 g/mol. The molecule has 0 N–H and O–H groups in total. The first-order valence-corrected chi connectivity index (χ1v) is 9.19. The standard InChI is InChI=1S/C22H14F2INO/c23-19-7-3-1-5-16(19)14-27-22-10-9-15(12-21(22)25)11-17(13-26)18-6-2-4-8-20(18)24/h1-12H,14H2. The van der Waals surface area contributed by atoms with E-state index in [9.17, 15) is 14.0 Å². The SMILES string of the molecule is N#CC(=Cc1ccc(OCc2ccccc2F)c(I)c1)c1ccccc1F. The number of benzene rings is 3. The average molecular weight is 473 g/mol. The summed E-state index contributed by atoms with van der Waals surface area (Å²) in [6, 6.07) is 20.0. The number of nitriles is 1. The van der Waals surface area contributed by atoms with E-state index in [0.29, 0.717) is 11.3 Å². The van der Waals surface area contributed by atoms with Crippen LogP contribution in [0.4, 0.5) is 8.78 Å². The number of halogens is 3. The van der Waals surface area contributed by atoms with Gasteiger partial charge in [0.25, 0.3) is 0 Å². The van der Waals surface area contributed by atoms with E-state index in [1.54, 1.807) is 54.6 Å². The normalized spacial score (nSPS) is 11.1. The van der Waals surface area contributed by atoms with E-state index in [0.717, 1.165) is 9.13 Å². The zero-order chi connectivity index (χ0) is 19.2. The quantitative estimate of drug-likeness (QED) is 0.251. The molecule has 0 unspecified atom stereocenters. The Bertz CT molecular complexity index is 1040. The third kappa shape index (κ3) is 4.72. The van der Waals surface area contributed by atoms with Crippen LogP contribution in [0.25, 0.3) is 11.6 Å². The summed E-state index contributed by atoms with van der Waals surface area (Å²) in [6.45, 7) is 0.122. The highest BCUT2D eigenvalue weighted by Gasteiger charge is 2.09. The van der Waals surface area contributed by atoms with E-state index in [1.807, 2.05) is 12.1 Å². The molecule has 0 fully saturated rings. The Morgan fingerprint density at radius 2 is 1.70 bits per heavy atom. The topological polar surface area (TPSA) is 33.0 Å². The van der Waals surface area contributed by atoms with E-state index < -0.39 is 5.82 Å². The highest BCUT2D eigenvalue weighted by Crippen LogP contribution is 2.26. The summed E-state index contributed by atoms with van der Waals surface area (Å²) in [5.74, 6) is -0.138. The molecule has 0 aliphatic heterocycles. The summed E-state index contributed by atoms with van der Waals surface area (Å²) in [4.78, 5) is 0. The molecule has 0 spiro atoms. The van der Waals surface area contributed by atoms with E-state index in [1.165, 1.54) is 12.1 Å². The van der Waals surface area contributed by atoms with Crippen LogP contribution >= 0.6 is 22.6 Å². The van der Waals surface area contributed by atoms with Crippen molar-refractivity contribution in [2.45, 2.75) is 6.61 Å². The molecule has 0 aliphatic carbocycles. The van der Waals surface area contributed by atoms with Crippen LogP contribution in [0.5, 0.6) is 5.75 Å². The van der Waals surface area contributed by atoms with Gasteiger partial charge in [0, 0.05) is 11.1 Å². The number of hydrogen-bond donors (Lipinski definition) is 0. The summed E-state index contributed by atoms with van der Waals surface area (Å²) in [6.07, 6.45) is 1.63. The molecule has 0 aromatic heterocycles. The number of ether oxygens (including phenoxy) is 1. The van der Waals surface area contributed by atoms with Crippen LogP contribution in [-0.2, 0) is 6.61 Å². The molecule has 3 aromatic rings. The molecule has 27 heavy (non-hydrogen) atoms. The molecular formula is C22H14F2INO. The summed E-state index contributed by atoms with van der Waals surface area (Å²) < 4.78 is 34.1. The summed E-state index contributed by atoms with van der Waals surface area (Å²) in [7, 11) is 0. The van der Waals surface area contributed by atoms with Crippen LogP contribution in [0.3, 0.4) is 0 Å². The lowest BCUT2D eigenvalue weighted by atomic mass is 10.0. The van der Waals surface area contributed by atoms with Gasteiger partial charge in [-0.2, -0.15) is 5.26 Å². The Balaban J connectivity index is 1.81. The molecule has 0 saturated carbocycles. The first-order chi connectivity index (χ1) is 13.1. The largest absolute Gasteiger partial charge is 0.488 e. The van der Waals surface area contributed by atoms with Gasteiger partial charge in [-0.05, 0) is 58.5 Å². The zero-order valence-corrected chi connectivity index (χ0v) is 16.3. The smallest absolute Gasteiger partial charge is 0.133 e. The van der Waals surface area contributed by atoms with Gasteiger partial charge in [0.2, 0.25) is 0 Å². The highest BCUT2D eigenvalue weighted by molar-refractivity contribution is 14.1. The third-order valence-electron chi connectivity index (χ3n) is 3.89. The lowest BCUT2D eigenvalue weighted by Crippen LogP contribution is -1.99. The maximum atomic E-state index is 13.9. The number of nitrogens with zero attached hydrogens (tertiary/aromatic N) is 1. The van der Waals surface area contributed by atoms with Crippen LogP contribution in [0.1, 0.15) is 16.7 Å². The van der Waals surface area contributed by atoms with Gasteiger partial charge in [0.15, 0.2) is 0 Å². The van der Waals surface area contributed by atoms with Gasteiger partial charge in [-0.25, -0.2) is 8.78 Å². The summed E-state index contributed by atoms with van der Waals surface area (Å²) >= 11 is 2.11. The molecule has 0 heterocycles. The van der Waals surface area contributed by atoms with Crippen LogP contribution in [0.2, 0.25) is 0 Å². The van der Waals surface area contributed by atoms with Crippen LogP contribution in [-0.4, -0.2) is 0 Å². The van der Waals surface area contributed by atoms with Crippen molar-refractivity contribution in [2.24, 2.45) is 0 Å². The van der Waals surface area contributed by atoms with Crippen LogP contribution < -0.4 is 4.74 Å². The number of rotatable bonds is 5. The van der Waals surface area contributed by atoms with Gasteiger partial charge in [-0.15, -0.1) is 0 Å². The molecule has 0 radical (unpaired) electrons. The Hall–Kier alpha value is -2.72. The third-order valence-corrected chi connectivity index (χ3v) is 4.74. The second-order valence-electron chi connectivity index (χ2n) is 5.72.